The van der Waals surface area contributed by atoms with Crippen LogP contribution in [0.15, 0.2) is 90.6 Å². The lowest BCUT2D eigenvalue weighted by Gasteiger charge is -2.19. The summed E-state index contributed by atoms with van der Waals surface area (Å²) in [6, 6.07) is 29.7. The average Bonchev–Trinajstić information content (AvgIpc) is 2.64. The van der Waals surface area contributed by atoms with E-state index in [1.807, 2.05) is 12.1 Å². The number of rotatable bonds is 2. The molecular formula is C24H28Si. The van der Waals surface area contributed by atoms with Gasteiger partial charge in [0.25, 0.3) is 0 Å². The van der Waals surface area contributed by atoms with Gasteiger partial charge in [-0.15, -0.1) is 5.70 Å². The minimum absolute atomic E-state index is 0.231. The van der Waals surface area contributed by atoms with Crippen molar-refractivity contribution in [3.63, 3.8) is 0 Å². The molecule has 0 aliphatic rings. The van der Waals surface area contributed by atoms with Crippen molar-refractivity contribution in [3.8, 4) is 11.1 Å². The first-order valence-corrected chi connectivity index (χ1v) is 10.00. The minimum atomic E-state index is 0.231. The topological polar surface area (TPSA) is 0 Å². The van der Waals surface area contributed by atoms with Crippen LogP contribution in [-0.4, -0.2) is 10.2 Å². The Hall–Kier alpha value is -2.38. The van der Waals surface area contributed by atoms with Gasteiger partial charge >= 0.3 is 0 Å². The molecule has 0 radical (unpaired) electrons. The van der Waals surface area contributed by atoms with Gasteiger partial charge in [-0.1, -0.05) is 112 Å². The quantitative estimate of drug-likeness (QED) is 0.525. The molecule has 128 valence electrons. The van der Waals surface area contributed by atoms with Crippen LogP contribution >= 0.6 is 0 Å². The zero-order chi connectivity index (χ0) is 18.1. The molecule has 1 heteroatoms. The molecule has 0 nitrogen and oxygen atoms in total. The zero-order valence-electron chi connectivity index (χ0n) is 15.7. The summed E-state index contributed by atoms with van der Waals surface area (Å²) in [7, 11) is 1.14. The first kappa shape index (κ1) is 18.9. The Morgan fingerprint density at radius 2 is 1.12 bits per heavy atom. The summed E-state index contributed by atoms with van der Waals surface area (Å²) in [4.78, 5) is 0. The van der Waals surface area contributed by atoms with Crippen molar-refractivity contribution < 1.29 is 0 Å². The maximum atomic E-state index is 2.24. The highest BCUT2D eigenvalue weighted by molar-refractivity contribution is 6.19. The Balaban J connectivity index is 0.000000212. The smallest absolute Gasteiger partial charge is 0.0291 e. The molecule has 0 atom stereocenters. The van der Waals surface area contributed by atoms with E-state index in [1.165, 1.54) is 22.3 Å². The van der Waals surface area contributed by atoms with Gasteiger partial charge in [0.15, 0.2) is 0 Å². The molecule has 0 fully saturated rings. The van der Waals surface area contributed by atoms with Crippen LogP contribution in [0.2, 0.25) is 0 Å². The third-order valence-electron chi connectivity index (χ3n) is 4.02. The minimum Gasteiger partial charge on any atom is -0.105 e. The van der Waals surface area contributed by atoms with Gasteiger partial charge in [-0.05, 0) is 27.7 Å². The highest BCUT2D eigenvalue weighted by atomic mass is 28.1. The summed E-state index contributed by atoms with van der Waals surface area (Å²) in [5.41, 5.74) is 7.65. The Morgan fingerprint density at radius 1 is 0.640 bits per heavy atom. The molecule has 0 heterocycles. The Morgan fingerprint density at radius 3 is 1.60 bits per heavy atom. The van der Waals surface area contributed by atoms with Gasteiger partial charge < -0.3 is 0 Å². The number of hydrogen-bond acceptors (Lipinski definition) is 0. The molecule has 3 rings (SSSR count). The highest BCUT2D eigenvalue weighted by Gasteiger charge is 2.12. The van der Waals surface area contributed by atoms with Crippen LogP contribution in [0.25, 0.3) is 17.2 Å². The van der Waals surface area contributed by atoms with E-state index in [0.29, 0.717) is 0 Å². The molecule has 0 amide bonds. The molecule has 0 aliphatic heterocycles. The summed E-state index contributed by atoms with van der Waals surface area (Å²) in [6.07, 6.45) is 2.15. The fourth-order valence-electron chi connectivity index (χ4n) is 2.55. The predicted octanol–water partition coefficient (Wildman–Crippen LogP) is 5.67. The average molecular weight is 345 g/mol. The zero-order valence-corrected chi connectivity index (χ0v) is 17.7. The molecule has 0 saturated heterocycles. The van der Waals surface area contributed by atoms with Gasteiger partial charge in [-0.2, -0.15) is 0 Å². The summed E-state index contributed by atoms with van der Waals surface area (Å²) in [6.45, 7) is 6.72. The van der Waals surface area contributed by atoms with Crippen LogP contribution < -0.4 is 0 Å². The van der Waals surface area contributed by atoms with Gasteiger partial charge in [0.1, 0.15) is 0 Å². The van der Waals surface area contributed by atoms with E-state index in [1.54, 1.807) is 0 Å². The SMILES string of the molecule is CC(C)(C)c1ccc(-c2ccccc2)cc1.[SiH3]C=Cc1ccccc1. The lowest BCUT2D eigenvalue weighted by Crippen LogP contribution is -2.10. The lowest BCUT2D eigenvalue weighted by molar-refractivity contribution is 0.590. The van der Waals surface area contributed by atoms with Crippen molar-refractivity contribution in [3.05, 3.63) is 102 Å². The fraction of sp³-hybridized carbons (Fsp3) is 0.167. The first-order valence-electron chi connectivity index (χ1n) is 8.84. The van der Waals surface area contributed by atoms with Crippen molar-refractivity contribution in [1.82, 2.24) is 0 Å². The molecule has 25 heavy (non-hydrogen) atoms. The largest absolute Gasteiger partial charge is 0.105 e. The summed E-state index contributed by atoms with van der Waals surface area (Å²) < 4.78 is 0. The molecule has 0 N–H and O–H groups in total. The summed E-state index contributed by atoms with van der Waals surface area (Å²) in [5.74, 6) is 0. The predicted molar refractivity (Wildman–Crippen MR) is 116 cm³/mol. The van der Waals surface area contributed by atoms with Crippen molar-refractivity contribution in [2.45, 2.75) is 26.2 Å². The molecule has 0 spiro atoms. The number of hydrogen-bond donors (Lipinski definition) is 0. The van der Waals surface area contributed by atoms with Crippen molar-refractivity contribution >= 4 is 16.3 Å². The fourth-order valence-corrected chi connectivity index (χ4v) is 2.93. The van der Waals surface area contributed by atoms with Crippen LogP contribution in [0.5, 0.6) is 0 Å². The van der Waals surface area contributed by atoms with E-state index in [-0.39, 0.29) is 5.41 Å². The molecular weight excluding hydrogens is 316 g/mol. The molecule has 3 aromatic rings. The van der Waals surface area contributed by atoms with E-state index in [9.17, 15) is 0 Å². The van der Waals surface area contributed by atoms with Gasteiger partial charge in [0, 0.05) is 10.2 Å². The third-order valence-corrected chi connectivity index (χ3v) is 4.35. The maximum Gasteiger partial charge on any atom is 0.0291 e. The summed E-state index contributed by atoms with van der Waals surface area (Å²) >= 11 is 0. The molecule has 0 aromatic heterocycles. The molecule has 0 aliphatic carbocycles. The summed E-state index contributed by atoms with van der Waals surface area (Å²) in [5, 5.41) is 0. The van der Waals surface area contributed by atoms with Gasteiger partial charge in [-0.3, -0.25) is 0 Å². The van der Waals surface area contributed by atoms with Crippen LogP contribution in [0, 0.1) is 0 Å². The first-order chi connectivity index (χ1) is 12.0. The van der Waals surface area contributed by atoms with Crippen molar-refractivity contribution in [2.24, 2.45) is 0 Å². The van der Waals surface area contributed by atoms with E-state index in [4.69, 9.17) is 0 Å². The molecule has 0 saturated carbocycles. The van der Waals surface area contributed by atoms with E-state index >= 15 is 0 Å². The molecule has 0 unspecified atom stereocenters. The van der Waals surface area contributed by atoms with Gasteiger partial charge in [-0.25, -0.2) is 0 Å². The third kappa shape index (κ3) is 6.20. The Labute approximate surface area is 155 Å². The van der Waals surface area contributed by atoms with Crippen LogP contribution in [0.3, 0.4) is 0 Å². The van der Waals surface area contributed by atoms with Crippen LogP contribution in [-0.2, 0) is 5.41 Å². The van der Waals surface area contributed by atoms with E-state index < -0.39 is 0 Å². The van der Waals surface area contributed by atoms with Crippen molar-refractivity contribution in [1.29, 1.82) is 0 Å². The second kappa shape index (κ2) is 9.19. The normalized spacial score (nSPS) is 11.2. The van der Waals surface area contributed by atoms with E-state index in [2.05, 4.69) is 105 Å². The Bertz CT molecular complexity index is 764. The van der Waals surface area contributed by atoms with Gasteiger partial charge in [0.2, 0.25) is 0 Å². The molecule has 0 bridgehead atoms. The standard InChI is InChI=1S/C16H18.C8H10Si/c1-16(2,3)15-11-9-14(10-12-15)13-7-5-4-6-8-13;9-7-6-8-4-2-1-3-5-8/h4-12H,1-3H3;1-7H,9H3. The van der Waals surface area contributed by atoms with E-state index in [0.717, 1.165) is 10.2 Å². The second-order valence-electron chi connectivity index (χ2n) is 7.10. The Kier molecular flexibility index (Phi) is 6.97. The number of benzene rings is 3. The maximum absolute atomic E-state index is 2.24. The van der Waals surface area contributed by atoms with Crippen molar-refractivity contribution in [2.75, 3.05) is 0 Å². The highest BCUT2D eigenvalue weighted by Crippen LogP contribution is 2.25. The molecule has 3 aromatic carbocycles. The van der Waals surface area contributed by atoms with Crippen LogP contribution in [0.4, 0.5) is 0 Å². The monoisotopic (exact) mass is 344 g/mol. The second-order valence-corrected chi connectivity index (χ2v) is 7.77. The lowest BCUT2D eigenvalue weighted by atomic mass is 9.86. The van der Waals surface area contributed by atoms with Crippen LogP contribution in [0.1, 0.15) is 31.9 Å². The van der Waals surface area contributed by atoms with Gasteiger partial charge in [0.05, 0.1) is 0 Å².